The first-order valence-electron chi connectivity index (χ1n) is 9.55. The van der Waals surface area contributed by atoms with Crippen LogP contribution in [-0.4, -0.2) is 28.2 Å². The van der Waals surface area contributed by atoms with E-state index in [0.29, 0.717) is 0 Å². The summed E-state index contributed by atoms with van der Waals surface area (Å²) in [6.45, 7) is 0.996. The second-order valence-electron chi connectivity index (χ2n) is 7.26. The average Bonchev–Trinajstić information content (AvgIpc) is 3.39. The number of nitrogens with zero attached hydrogens (tertiary/aromatic N) is 3. The van der Waals surface area contributed by atoms with Crippen LogP contribution in [0, 0.1) is 5.92 Å². The minimum absolute atomic E-state index is 0.198. The molecule has 0 saturated carbocycles. The van der Waals surface area contributed by atoms with Gasteiger partial charge in [0.05, 0.1) is 11.4 Å². The molecule has 0 aliphatic carbocycles. The molecule has 2 atom stereocenters. The summed E-state index contributed by atoms with van der Waals surface area (Å²) in [6, 6.07) is 21.2. The predicted octanol–water partition coefficient (Wildman–Crippen LogP) is 4.92. The van der Waals surface area contributed by atoms with E-state index >= 15 is 0 Å². The normalized spacial score (nSPS) is 19.4. The third-order valence-corrected chi connectivity index (χ3v) is 6.42. The van der Waals surface area contributed by atoms with Gasteiger partial charge >= 0.3 is 0 Å². The summed E-state index contributed by atoms with van der Waals surface area (Å²) in [4.78, 5) is 12.6. The van der Waals surface area contributed by atoms with Crippen LogP contribution in [0.4, 0.5) is 5.82 Å². The lowest BCUT2D eigenvalue weighted by Gasteiger charge is -2.27. The highest BCUT2D eigenvalue weighted by Gasteiger charge is 2.35. The summed E-state index contributed by atoms with van der Waals surface area (Å²) in [5, 5.41) is 13.1. The molecule has 2 aromatic heterocycles. The Morgan fingerprint density at radius 1 is 1.00 bits per heavy atom. The lowest BCUT2D eigenvalue weighted by atomic mass is 10.00. The third kappa shape index (κ3) is 2.97. The molecule has 2 aromatic carbocycles. The number of thiophene rings is 1. The smallest absolute Gasteiger partial charge is 0.141 e. The predicted molar refractivity (Wildman–Crippen MR) is 115 cm³/mol. The second-order valence-corrected chi connectivity index (χ2v) is 8.11. The number of fused-ring (bicyclic) bond motifs is 1. The first-order chi connectivity index (χ1) is 13.8. The van der Waals surface area contributed by atoms with E-state index in [2.05, 4.69) is 63.8 Å². The van der Waals surface area contributed by atoms with E-state index in [-0.39, 0.29) is 18.6 Å². The number of rotatable bonds is 4. The van der Waals surface area contributed by atoms with Gasteiger partial charge in [-0.1, -0.05) is 60.7 Å². The van der Waals surface area contributed by atoms with Gasteiger partial charge in [0, 0.05) is 30.0 Å². The van der Waals surface area contributed by atoms with Gasteiger partial charge in [0.25, 0.3) is 0 Å². The summed E-state index contributed by atoms with van der Waals surface area (Å²) in [5.41, 5.74) is 3.62. The lowest BCUT2D eigenvalue weighted by Crippen LogP contribution is -2.25. The Bertz CT molecular complexity index is 1080. The molecule has 4 aromatic rings. The van der Waals surface area contributed by atoms with Gasteiger partial charge in [0.2, 0.25) is 0 Å². The fourth-order valence-electron chi connectivity index (χ4n) is 4.19. The molecular weight excluding hydrogens is 366 g/mol. The highest BCUT2D eigenvalue weighted by atomic mass is 32.1. The number of aliphatic hydroxyl groups excluding tert-OH is 1. The van der Waals surface area contributed by atoms with E-state index in [1.165, 1.54) is 16.7 Å². The van der Waals surface area contributed by atoms with Crippen molar-refractivity contribution in [3.8, 4) is 11.1 Å². The Kier molecular flexibility index (Phi) is 4.55. The number of aliphatic hydroxyl groups is 1. The van der Waals surface area contributed by atoms with Crippen molar-refractivity contribution in [3.63, 3.8) is 0 Å². The van der Waals surface area contributed by atoms with Gasteiger partial charge in [-0.25, -0.2) is 9.97 Å². The highest BCUT2D eigenvalue weighted by Crippen LogP contribution is 2.44. The van der Waals surface area contributed by atoms with Crippen LogP contribution < -0.4 is 4.90 Å². The van der Waals surface area contributed by atoms with Gasteiger partial charge < -0.3 is 10.0 Å². The zero-order valence-electron chi connectivity index (χ0n) is 15.4. The molecule has 1 fully saturated rings. The number of anilines is 1. The van der Waals surface area contributed by atoms with Crippen molar-refractivity contribution >= 4 is 27.4 Å². The standard InChI is InChI=1S/C23H21N3OS/c27-13-16-11-20(18-9-5-2-6-10-18)26(12-16)22-21-19(17-7-3-1-4-8-17)14-28-23(21)25-15-24-22/h1-10,14-16,20,27H,11-13H2. The van der Waals surface area contributed by atoms with Crippen molar-refractivity contribution in [1.82, 2.24) is 9.97 Å². The molecule has 5 heteroatoms. The number of benzene rings is 2. The van der Waals surface area contributed by atoms with E-state index < -0.39 is 0 Å². The minimum atomic E-state index is 0.198. The van der Waals surface area contributed by atoms with Crippen LogP contribution in [0.15, 0.2) is 72.4 Å². The zero-order valence-corrected chi connectivity index (χ0v) is 16.2. The van der Waals surface area contributed by atoms with Crippen LogP contribution in [0.25, 0.3) is 21.3 Å². The SMILES string of the molecule is OCC1CC(c2ccccc2)N(c2ncnc3scc(-c4ccccc4)c23)C1. The molecule has 140 valence electrons. The Balaban J connectivity index is 1.66. The molecule has 1 aliphatic heterocycles. The van der Waals surface area contributed by atoms with Gasteiger partial charge in [-0.05, 0) is 17.5 Å². The molecule has 1 N–H and O–H groups in total. The van der Waals surface area contributed by atoms with E-state index in [4.69, 9.17) is 4.98 Å². The fourth-order valence-corrected chi connectivity index (χ4v) is 5.10. The molecule has 0 amide bonds. The molecule has 28 heavy (non-hydrogen) atoms. The summed E-state index contributed by atoms with van der Waals surface area (Å²) < 4.78 is 0. The molecular formula is C23H21N3OS. The molecule has 4 nitrogen and oxygen atoms in total. The van der Waals surface area contributed by atoms with Crippen LogP contribution in [0.2, 0.25) is 0 Å². The topological polar surface area (TPSA) is 49.2 Å². The van der Waals surface area contributed by atoms with Gasteiger partial charge in [-0.2, -0.15) is 0 Å². The molecule has 0 bridgehead atoms. The molecule has 1 saturated heterocycles. The largest absolute Gasteiger partial charge is 0.396 e. The van der Waals surface area contributed by atoms with Crippen LogP contribution >= 0.6 is 11.3 Å². The Hall–Kier alpha value is -2.76. The van der Waals surface area contributed by atoms with Crippen molar-refractivity contribution < 1.29 is 5.11 Å². The zero-order chi connectivity index (χ0) is 18.9. The summed E-state index contributed by atoms with van der Waals surface area (Å²) in [5.74, 6) is 1.21. The minimum Gasteiger partial charge on any atom is -0.396 e. The molecule has 3 heterocycles. The number of hydrogen-bond acceptors (Lipinski definition) is 5. The Morgan fingerprint density at radius 3 is 2.50 bits per heavy atom. The summed E-state index contributed by atoms with van der Waals surface area (Å²) in [7, 11) is 0. The van der Waals surface area contributed by atoms with Crippen molar-refractivity contribution in [2.45, 2.75) is 12.5 Å². The second kappa shape index (κ2) is 7.34. The Labute approximate surface area is 168 Å². The number of aromatic nitrogens is 2. The van der Waals surface area contributed by atoms with Crippen molar-refractivity contribution in [2.75, 3.05) is 18.1 Å². The Morgan fingerprint density at radius 2 is 1.75 bits per heavy atom. The van der Waals surface area contributed by atoms with E-state index in [1.54, 1.807) is 17.7 Å². The van der Waals surface area contributed by atoms with Crippen molar-refractivity contribution in [3.05, 3.63) is 77.9 Å². The molecule has 5 rings (SSSR count). The van der Waals surface area contributed by atoms with Gasteiger partial charge in [0.1, 0.15) is 17.0 Å². The lowest BCUT2D eigenvalue weighted by molar-refractivity contribution is 0.236. The maximum absolute atomic E-state index is 9.84. The van der Waals surface area contributed by atoms with E-state index in [9.17, 15) is 5.11 Å². The van der Waals surface area contributed by atoms with Gasteiger partial charge in [0.15, 0.2) is 0 Å². The quantitative estimate of drug-likeness (QED) is 0.540. The molecule has 0 radical (unpaired) electrons. The molecule has 0 spiro atoms. The first-order valence-corrected chi connectivity index (χ1v) is 10.4. The average molecular weight is 388 g/mol. The third-order valence-electron chi connectivity index (χ3n) is 5.54. The maximum atomic E-state index is 9.84. The first kappa shape index (κ1) is 17.3. The van der Waals surface area contributed by atoms with Crippen LogP contribution in [0.3, 0.4) is 0 Å². The van der Waals surface area contributed by atoms with E-state index in [0.717, 1.165) is 29.0 Å². The van der Waals surface area contributed by atoms with Crippen LogP contribution in [0.1, 0.15) is 18.0 Å². The maximum Gasteiger partial charge on any atom is 0.141 e. The highest BCUT2D eigenvalue weighted by molar-refractivity contribution is 7.17. The van der Waals surface area contributed by atoms with Crippen LogP contribution in [0.5, 0.6) is 0 Å². The van der Waals surface area contributed by atoms with Crippen molar-refractivity contribution in [1.29, 1.82) is 0 Å². The molecule has 2 unspecified atom stereocenters. The van der Waals surface area contributed by atoms with E-state index in [1.807, 2.05) is 12.1 Å². The molecule has 1 aliphatic rings. The fraction of sp³-hybridized carbons (Fsp3) is 0.217. The number of hydrogen-bond donors (Lipinski definition) is 1. The van der Waals surface area contributed by atoms with Crippen molar-refractivity contribution in [2.24, 2.45) is 5.92 Å². The monoisotopic (exact) mass is 387 g/mol. The summed E-state index contributed by atoms with van der Waals surface area (Å²) in [6.07, 6.45) is 2.59. The summed E-state index contributed by atoms with van der Waals surface area (Å²) >= 11 is 1.66. The van der Waals surface area contributed by atoms with Gasteiger partial charge in [-0.3, -0.25) is 0 Å². The van der Waals surface area contributed by atoms with Crippen LogP contribution in [-0.2, 0) is 0 Å². The van der Waals surface area contributed by atoms with Gasteiger partial charge in [-0.15, -0.1) is 11.3 Å².